The van der Waals surface area contributed by atoms with Gasteiger partial charge in [-0.25, -0.2) is 9.97 Å². The van der Waals surface area contributed by atoms with Crippen molar-refractivity contribution >= 4 is 76.2 Å². The first-order valence-electron chi connectivity index (χ1n) is 19.1. The smallest absolute Gasteiger partial charge is 0.0979 e. The van der Waals surface area contributed by atoms with Crippen LogP contribution in [0.1, 0.15) is 0 Å². The van der Waals surface area contributed by atoms with Crippen LogP contribution in [-0.4, -0.2) is 19.1 Å². The maximum Gasteiger partial charge on any atom is 0.0979 e. The van der Waals surface area contributed by atoms with Gasteiger partial charge in [-0.05, 0) is 82.9 Å². The maximum atomic E-state index is 5.42. The third kappa shape index (κ3) is 4.53. The highest BCUT2D eigenvalue weighted by atomic mass is 15.0. The predicted molar refractivity (Wildman–Crippen MR) is 234 cm³/mol. The quantitative estimate of drug-likeness (QED) is 0.182. The summed E-state index contributed by atoms with van der Waals surface area (Å²) in [6.07, 6.45) is 0. The molecule has 0 radical (unpaired) electrons. The van der Waals surface area contributed by atoms with E-state index in [0.29, 0.717) is 0 Å². The summed E-state index contributed by atoms with van der Waals surface area (Å²) in [5.74, 6) is 0. The van der Waals surface area contributed by atoms with Gasteiger partial charge in [-0.2, -0.15) is 0 Å². The van der Waals surface area contributed by atoms with Crippen molar-refractivity contribution in [3.05, 3.63) is 194 Å². The van der Waals surface area contributed by atoms with Crippen molar-refractivity contribution in [1.82, 2.24) is 19.1 Å². The average molecular weight is 713 g/mol. The summed E-state index contributed by atoms with van der Waals surface area (Å²) in [7, 11) is 0. The lowest BCUT2D eigenvalue weighted by Crippen LogP contribution is -1.98. The lowest BCUT2D eigenvalue weighted by atomic mass is 9.96. The molecule has 12 rings (SSSR count). The molecule has 0 bridgehead atoms. The molecule has 260 valence electrons. The van der Waals surface area contributed by atoms with Crippen molar-refractivity contribution < 1.29 is 0 Å². The van der Waals surface area contributed by atoms with Crippen molar-refractivity contribution in [2.45, 2.75) is 0 Å². The van der Waals surface area contributed by atoms with Crippen LogP contribution >= 0.6 is 0 Å². The van der Waals surface area contributed by atoms with Gasteiger partial charge in [-0.15, -0.1) is 0 Å². The molecule has 0 N–H and O–H groups in total. The van der Waals surface area contributed by atoms with Crippen molar-refractivity contribution in [2.24, 2.45) is 0 Å². The molecule has 3 aromatic heterocycles. The van der Waals surface area contributed by atoms with Crippen molar-refractivity contribution in [3.63, 3.8) is 0 Å². The molecule has 0 spiro atoms. The number of aromatic nitrogens is 4. The molecule has 9 aromatic carbocycles. The zero-order valence-corrected chi connectivity index (χ0v) is 30.3. The Labute approximate surface area is 322 Å². The third-order valence-corrected chi connectivity index (χ3v) is 11.5. The molecule has 0 saturated heterocycles. The van der Waals surface area contributed by atoms with Gasteiger partial charge in [0.05, 0.1) is 50.2 Å². The van der Waals surface area contributed by atoms with Gasteiger partial charge in [0.25, 0.3) is 0 Å². The minimum atomic E-state index is 0.864. The summed E-state index contributed by atoms with van der Waals surface area (Å²) in [6, 6.07) is 69.6. The van der Waals surface area contributed by atoms with E-state index in [9.17, 15) is 0 Å². The molecule has 0 unspecified atom stereocenters. The first-order valence-corrected chi connectivity index (χ1v) is 19.1. The molecule has 4 nitrogen and oxygen atoms in total. The van der Waals surface area contributed by atoms with Crippen LogP contribution in [0.3, 0.4) is 0 Å². The van der Waals surface area contributed by atoms with Crippen LogP contribution in [0.4, 0.5) is 0 Å². The molecular formula is C52H32N4. The van der Waals surface area contributed by atoms with Gasteiger partial charge in [0.2, 0.25) is 0 Å². The topological polar surface area (TPSA) is 35.6 Å². The fourth-order valence-electron chi connectivity index (χ4n) is 8.97. The highest BCUT2D eigenvalue weighted by Gasteiger charge is 2.21. The summed E-state index contributed by atoms with van der Waals surface area (Å²) in [5, 5.41) is 9.64. The minimum absolute atomic E-state index is 0.864. The molecule has 0 amide bonds. The third-order valence-electron chi connectivity index (χ3n) is 11.5. The summed E-state index contributed by atoms with van der Waals surface area (Å²) in [6.45, 7) is 0. The van der Waals surface area contributed by atoms with Crippen LogP contribution in [-0.2, 0) is 0 Å². The molecule has 56 heavy (non-hydrogen) atoms. The van der Waals surface area contributed by atoms with Crippen LogP contribution < -0.4 is 0 Å². The fraction of sp³-hybridized carbons (Fsp3) is 0. The van der Waals surface area contributed by atoms with E-state index in [1.807, 2.05) is 12.1 Å². The second-order valence-electron chi connectivity index (χ2n) is 14.6. The number of rotatable bonds is 4. The maximum absolute atomic E-state index is 5.42. The number of nitrogens with zero attached hydrogens (tertiary/aromatic N) is 4. The molecule has 0 fully saturated rings. The number of para-hydroxylation sites is 5. The van der Waals surface area contributed by atoms with Crippen LogP contribution in [0.5, 0.6) is 0 Å². The Hall–Kier alpha value is -7.56. The van der Waals surface area contributed by atoms with E-state index in [1.165, 1.54) is 48.9 Å². The van der Waals surface area contributed by atoms with E-state index < -0.39 is 0 Å². The Morgan fingerprint density at radius 1 is 0.321 bits per heavy atom. The minimum Gasteiger partial charge on any atom is -0.309 e. The van der Waals surface area contributed by atoms with E-state index in [0.717, 1.165) is 61.2 Å². The predicted octanol–water partition coefficient (Wildman–Crippen LogP) is 13.5. The largest absolute Gasteiger partial charge is 0.309 e. The summed E-state index contributed by atoms with van der Waals surface area (Å²) < 4.78 is 4.79. The number of hydrogen-bond acceptors (Lipinski definition) is 2. The van der Waals surface area contributed by atoms with Crippen LogP contribution in [0.15, 0.2) is 194 Å². The molecule has 0 atom stereocenters. The average Bonchev–Trinajstić information content (AvgIpc) is 3.77. The van der Waals surface area contributed by atoms with Crippen molar-refractivity contribution in [3.8, 4) is 33.9 Å². The Morgan fingerprint density at radius 2 is 0.893 bits per heavy atom. The zero-order valence-electron chi connectivity index (χ0n) is 30.3. The van der Waals surface area contributed by atoms with Gasteiger partial charge in [0, 0.05) is 43.7 Å². The normalized spacial score (nSPS) is 11.9. The number of fused-ring (bicyclic) bond motifs is 9. The Morgan fingerprint density at radius 3 is 1.68 bits per heavy atom. The van der Waals surface area contributed by atoms with Crippen molar-refractivity contribution in [1.29, 1.82) is 0 Å². The SMILES string of the molecule is c1ccc(-n2c3ccccc3c3cc(-c4nc5ccccc5nc4-c4cccc5c(-n6c7ccccc7c7cc8ccccc8cc76)cccc45)ccc32)cc1. The van der Waals surface area contributed by atoms with E-state index >= 15 is 0 Å². The molecule has 4 heteroatoms. The summed E-state index contributed by atoms with van der Waals surface area (Å²) in [4.78, 5) is 10.8. The molecule has 0 aliphatic heterocycles. The number of benzene rings is 9. The second kappa shape index (κ2) is 12.0. The van der Waals surface area contributed by atoms with Gasteiger partial charge in [0.15, 0.2) is 0 Å². The van der Waals surface area contributed by atoms with Crippen LogP contribution in [0.25, 0.3) is 110 Å². The highest BCUT2D eigenvalue weighted by Crippen LogP contribution is 2.42. The van der Waals surface area contributed by atoms with E-state index in [4.69, 9.17) is 9.97 Å². The first kappa shape index (κ1) is 30.9. The van der Waals surface area contributed by atoms with Crippen LogP contribution in [0, 0.1) is 0 Å². The fourth-order valence-corrected chi connectivity index (χ4v) is 8.97. The van der Waals surface area contributed by atoms with Gasteiger partial charge in [0.1, 0.15) is 0 Å². The highest BCUT2D eigenvalue weighted by molar-refractivity contribution is 6.15. The lowest BCUT2D eigenvalue weighted by Gasteiger charge is -2.16. The standard InChI is InChI=1S/C52H32N4/c1-2-16-36(17-3-1)55-46-25-10-6-18-39(46)42-31-35(28-29-49(42)55)51-52(54-45-24-9-8-23-44(45)53-51)41-22-12-21-38-37(41)20-13-27-48(38)56-47-26-11-7-19-40(47)43-30-33-14-4-5-15-34(33)32-50(43)56/h1-32H. The van der Waals surface area contributed by atoms with E-state index in [2.05, 4.69) is 191 Å². The molecule has 0 saturated carbocycles. The molecule has 0 aliphatic carbocycles. The Kier molecular flexibility index (Phi) is 6.60. The van der Waals surface area contributed by atoms with E-state index in [-0.39, 0.29) is 0 Å². The van der Waals surface area contributed by atoms with Gasteiger partial charge >= 0.3 is 0 Å². The molecule has 0 aliphatic rings. The summed E-state index contributed by atoms with van der Waals surface area (Å²) in [5.41, 5.74) is 12.5. The Bertz CT molecular complexity index is 3540. The lowest BCUT2D eigenvalue weighted by molar-refractivity contribution is 1.18. The van der Waals surface area contributed by atoms with Gasteiger partial charge < -0.3 is 9.13 Å². The first-order chi connectivity index (χ1) is 27.8. The van der Waals surface area contributed by atoms with Gasteiger partial charge in [-0.1, -0.05) is 127 Å². The zero-order chi connectivity index (χ0) is 36.7. The molecular weight excluding hydrogens is 681 g/mol. The monoisotopic (exact) mass is 712 g/mol. The van der Waals surface area contributed by atoms with Gasteiger partial charge in [-0.3, -0.25) is 0 Å². The number of hydrogen-bond donors (Lipinski definition) is 0. The molecule has 3 heterocycles. The van der Waals surface area contributed by atoms with Crippen molar-refractivity contribution in [2.75, 3.05) is 0 Å². The van der Waals surface area contributed by atoms with E-state index in [1.54, 1.807) is 0 Å². The molecule has 12 aromatic rings. The van der Waals surface area contributed by atoms with Crippen LogP contribution in [0.2, 0.25) is 0 Å². The summed E-state index contributed by atoms with van der Waals surface area (Å²) >= 11 is 0. The Balaban J connectivity index is 1.12. The second-order valence-corrected chi connectivity index (χ2v) is 14.6.